The van der Waals surface area contributed by atoms with E-state index in [-0.39, 0.29) is 0 Å². The average molecular weight is 340 g/mol. The number of unbranched alkanes of at least 4 members (excludes halogenated alkanes) is 2. The summed E-state index contributed by atoms with van der Waals surface area (Å²) in [6, 6.07) is 5.83. The molecule has 84 valence electrons. The lowest BCUT2D eigenvalue weighted by atomic mass is 10.2. The molecule has 0 bridgehead atoms. The quantitative estimate of drug-likeness (QED) is 0.614. The van der Waals surface area contributed by atoms with Crippen molar-refractivity contribution in [2.24, 2.45) is 0 Å². The van der Waals surface area contributed by atoms with Crippen molar-refractivity contribution in [2.45, 2.75) is 19.3 Å². The van der Waals surface area contributed by atoms with Gasteiger partial charge in [0, 0.05) is 27.4 Å². The van der Waals surface area contributed by atoms with Crippen molar-refractivity contribution < 1.29 is 5.11 Å². The Morgan fingerprint density at radius 3 is 2.73 bits per heavy atom. The van der Waals surface area contributed by atoms with E-state index in [1.54, 1.807) is 0 Å². The minimum Gasteiger partial charge on any atom is -0.396 e. The number of hydrogen-bond acceptors (Lipinski definition) is 2. The fourth-order valence-electron chi connectivity index (χ4n) is 1.27. The first kappa shape index (κ1) is 13.1. The number of nitrogens with one attached hydrogen (secondary N) is 1. The van der Waals surface area contributed by atoms with Gasteiger partial charge in [-0.25, -0.2) is 0 Å². The van der Waals surface area contributed by atoms with Crippen molar-refractivity contribution in [3.8, 4) is 0 Å². The van der Waals surface area contributed by atoms with Gasteiger partial charge in [-0.05, 0) is 60.1 Å². The number of aliphatic hydroxyl groups is 1. The molecule has 0 aliphatic rings. The summed E-state index contributed by atoms with van der Waals surface area (Å²) in [4.78, 5) is 0. The third-order valence-corrected chi connectivity index (χ3v) is 3.21. The van der Waals surface area contributed by atoms with Crippen LogP contribution in [-0.4, -0.2) is 18.3 Å². The van der Waals surface area contributed by atoms with Crippen molar-refractivity contribution in [2.75, 3.05) is 18.5 Å². The summed E-state index contributed by atoms with van der Waals surface area (Å²) in [5, 5.41) is 12.7. The van der Waals surface area contributed by atoms with E-state index < -0.39 is 0 Å². The molecule has 0 aliphatic heterocycles. The van der Waals surface area contributed by atoms with Crippen LogP contribution in [0, 0.1) is 3.57 Å². The molecule has 0 aromatic heterocycles. The Morgan fingerprint density at radius 2 is 2.07 bits per heavy atom. The molecule has 0 unspecified atom stereocenters. The topological polar surface area (TPSA) is 32.3 Å². The summed E-state index contributed by atoms with van der Waals surface area (Å²) in [6.07, 6.45) is 3.03. The minimum absolute atomic E-state index is 0.290. The second kappa shape index (κ2) is 7.30. The van der Waals surface area contributed by atoms with Crippen LogP contribution < -0.4 is 5.32 Å². The van der Waals surface area contributed by atoms with Gasteiger partial charge in [-0.2, -0.15) is 0 Å². The van der Waals surface area contributed by atoms with Crippen molar-refractivity contribution >= 4 is 39.9 Å². The number of rotatable bonds is 6. The minimum atomic E-state index is 0.290. The highest BCUT2D eigenvalue weighted by Crippen LogP contribution is 2.22. The van der Waals surface area contributed by atoms with Gasteiger partial charge in [0.15, 0.2) is 0 Å². The molecule has 0 atom stereocenters. The predicted molar refractivity (Wildman–Crippen MR) is 73.6 cm³/mol. The standard InChI is InChI=1S/C11H15ClINO/c12-9-4-5-11(10(13)8-9)14-6-2-1-3-7-15/h4-5,8,14-15H,1-3,6-7H2. The zero-order valence-corrected chi connectivity index (χ0v) is 11.4. The number of aliphatic hydroxyl groups excluding tert-OH is 1. The van der Waals surface area contributed by atoms with E-state index in [2.05, 4.69) is 27.9 Å². The van der Waals surface area contributed by atoms with Crippen LogP contribution in [0.2, 0.25) is 5.02 Å². The van der Waals surface area contributed by atoms with Crippen molar-refractivity contribution in [3.05, 3.63) is 26.8 Å². The Bertz CT molecular complexity index is 307. The molecule has 1 rings (SSSR count). The van der Waals surface area contributed by atoms with Crippen LogP contribution in [0.15, 0.2) is 18.2 Å². The molecule has 0 saturated carbocycles. The molecule has 1 aromatic carbocycles. The summed E-state index contributed by atoms with van der Waals surface area (Å²) in [7, 11) is 0. The SMILES string of the molecule is OCCCCCNc1ccc(Cl)cc1I. The summed E-state index contributed by atoms with van der Waals surface area (Å²) in [5.41, 5.74) is 1.13. The molecule has 0 aliphatic carbocycles. The summed E-state index contributed by atoms with van der Waals surface area (Å²) in [5.74, 6) is 0. The first-order chi connectivity index (χ1) is 7.24. The van der Waals surface area contributed by atoms with Crippen LogP contribution in [0.3, 0.4) is 0 Å². The maximum absolute atomic E-state index is 8.62. The molecule has 0 amide bonds. The largest absolute Gasteiger partial charge is 0.396 e. The number of benzene rings is 1. The third kappa shape index (κ3) is 5.04. The van der Waals surface area contributed by atoms with Gasteiger partial charge in [0.05, 0.1) is 0 Å². The zero-order valence-electron chi connectivity index (χ0n) is 8.47. The second-order valence-electron chi connectivity index (χ2n) is 3.34. The predicted octanol–water partition coefficient (Wildman–Crippen LogP) is 3.52. The molecular formula is C11H15ClINO. The molecule has 0 saturated heterocycles. The van der Waals surface area contributed by atoms with Crippen LogP contribution in [-0.2, 0) is 0 Å². The van der Waals surface area contributed by atoms with Crippen LogP contribution in [0.4, 0.5) is 5.69 Å². The van der Waals surface area contributed by atoms with Gasteiger partial charge in [-0.1, -0.05) is 11.6 Å². The first-order valence-electron chi connectivity index (χ1n) is 5.04. The van der Waals surface area contributed by atoms with Crippen molar-refractivity contribution in [3.63, 3.8) is 0 Å². The highest BCUT2D eigenvalue weighted by atomic mass is 127. The summed E-state index contributed by atoms with van der Waals surface area (Å²) in [6.45, 7) is 1.23. The van der Waals surface area contributed by atoms with E-state index in [0.717, 1.165) is 40.1 Å². The van der Waals surface area contributed by atoms with Crippen LogP contribution in [0.1, 0.15) is 19.3 Å². The Kier molecular flexibility index (Phi) is 6.36. The van der Waals surface area contributed by atoms with E-state index in [4.69, 9.17) is 16.7 Å². The maximum atomic E-state index is 8.62. The fourth-order valence-corrected chi connectivity index (χ4v) is 2.33. The van der Waals surface area contributed by atoms with Gasteiger partial charge in [0.25, 0.3) is 0 Å². The molecule has 0 fully saturated rings. The van der Waals surface area contributed by atoms with Crippen molar-refractivity contribution in [1.82, 2.24) is 0 Å². The Morgan fingerprint density at radius 1 is 1.27 bits per heavy atom. The Labute approximate surface area is 109 Å². The number of halogens is 2. The number of anilines is 1. The third-order valence-electron chi connectivity index (χ3n) is 2.08. The molecule has 0 radical (unpaired) electrons. The van der Waals surface area contributed by atoms with Gasteiger partial charge < -0.3 is 10.4 Å². The van der Waals surface area contributed by atoms with Gasteiger partial charge in [-0.15, -0.1) is 0 Å². The summed E-state index contributed by atoms with van der Waals surface area (Å²) < 4.78 is 1.14. The normalized spacial score (nSPS) is 10.3. The van der Waals surface area contributed by atoms with Gasteiger partial charge in [-0.3, -0.25) is 0 Å². The lowest BCUT2D eigenvalue weighted by Crippen LogP contribution is -2.03. The van der Waals surface area contributed by atoms with Crippen LogP contribution in [0.25, 0.3) is 0 Å². The van der Waals surface area contributed by atoms with Gasteiger partial charge in [0.1, 0.15) is 0 Å². The Hall–Kier alpha value is -0.000000000000000111. The van der Waals surface area contributed by atoms with Crippen LogP contribution >= 0.6 is 34.2 Å². The molecular weight excluding hydrogens is 324 g/mol. The zero-order chi connectivity index (χ0) is 11.1. The smallest absolute Gasteiger partial charge is 0.0476 e. The van der Waals surface area contributed by atoms with Crippen molar-refractivity contribution in [1.29, 1.82) is 0 Å². The molecule has 15 heavy (non-hydrogen) atoms. The van der Waals surface area contributed by atoms with E-state index in [9.17, 15) is 0 Å². The van der Waals surface area contributed by atoms with E-state index in [0.29, 0.717) is 6.61 Å². The van der Waals surface area contributed by atoms with E-state index in [1.165, 1.54) is 0 Å². The van der Waals surface area contributed by atoms with Crippen LogP contribution in [0.5, 0.6) is 0 Å². The molecule has 0 spiro atoms. The lowest BCUT2D eigenvalue weighted by molar-refractivity contribution is 0.283. The highest BCUT2D eigenvalue weighted by molar-refractivity contribution is 14.1. The first-order valence-corrected chi connectivity index (χ1v) is 6.49. The monoisotopic (exact) mass is 339 g/mol. The molecule has 2 nitrogen and oxygen atoms in total. The molecule has 1 aromatic rings. The molecule has 0 heterocycles. The lowest BCUT2D eigenvalue weighted by Gasteiger charge is -2.08. The number of hydrogen-bond donors (Lipinski definition) is 2. The highest BCUT2D eigenvalue weighted by Gasteiger charge is 1.99. The fraction of sp³-hybridized carbons (Fsp3) is 0.455. The van der Waals surface area contributed by atoms with E-state index >= 15 is 0 Å². The average Bonchev–Trinajstić information content (AvgIpc) is 2.20. The van der Waals surface area contributed by atoms with Gasteiger partial charge in [0.2, 0.25) is 0 Å². The summed E-state index contributed by atoms with van der Waals surface area (Å²) >= 11 is 8.13. The maximum Gasteiger partial charge on any atom is 0.0476 e. The van der Waals surface area contributed by atoms with E-state index in [1.807, 2.05) is 18.2 Å². The molecule has 4 heteroatoms. The Balaban J connectivity index is 2.31. The molecule has 2 N–H and O–H groups in total. The second-order valence-corrected chi connectivity index (χ2v) is 4.93. The van der Waals surface area contributed by atoms with Gasteiger partial charge >= 0.3 is 0 Å².